The molecule has 1 fully saturated rings. The number of hydrogen-bond acceptors (Lipinski definition) is 10. The lowest BCUT2D eigenvalue weighted by Gasteiger charge is -2.37. The highest BCUT2D eigenvalue weighted by Gasteiger charge is 2.31. The van der Waals surface area contributed by atoms with Crippen LogP contribution >= 0.6 is 0 Å². The molecule has 1 atom stereocenters. The SMILES string of the molecule is CCC[C@@H](C(=O)N1CCN(c2ccc(OCCOC)cc2)CC1)n1ncc2c1nc(N)n1nc(-c3ccco3)nc21. The second-order valence-electron chi connectivity index (χ2n) is 9.90. The molecule has 2 N–H and O–H groups in total. The Balaban J connectivity index is 1.19. The molecule has 13 heteroatoms. The molecule has 0 bridgehead atoms. The molecule has 214 valence electrons. The quantitative estimate of drug-likeness (QED) is 0.254. The summed E-state index contributed by atoms with van der Waals surface area (Å²) in [6.07, 6.45) is 4.67. The molecule has 0 saturated carbocycles. The van der Waals surface area contributed by atoms with E-state index >= 15 is 0 Å². The van der Waals surface area contributed by atoms with Gasteiger partial charge in [0.15, 0.2) is 17.1 Å². The van der Waals surface area contributed by atoms with Crippen molar-refractivity contribution in [3.05, 3.63) is 48.9 Å². The van der Waals surface area contributed by atoms with Crippen LogP contribution in [0.4, 0.5) is 11.6 Å². The number of hydrogen-bond donors (Lipinski definition) is 1. The van der Waals surface area contributed by atoms with E-state index in [1.807, 2.05) is 29.2 Å². The number of carbonyl (C=O) groups excluding carboxylic acids is 1. The van der Waals surface area contributed by atoms with Crippen molar-refractivity contribution in [1.82, 2.24) is 34.3 Å². The Bertz CT molecular complexity index is 1620. The number of rotatable bonds is 10. The minimum absolute atomic E-state index is 0.0244. The van der Waals surface area contributed by atoms with Crippen LogP contribution in [0.3, 0.4) is 0 Å². The zero-order valence-electron chi connectivity index (χ0n) is 23.1. The van der Waals surface area contributed by atoms with Crippen LogP contribution < -0.4 is 15.4 Å². The van der Waals surface area contributed by atoms with Gasteiger partial charge in [0.25, 0.3) is 0 Å². The van der Waals surface area contributed by atoms with E-state index in [0.29, 0.717) is 61.0 Å². The maximum atomic E-state index is 13.9. The average molecular weight is 560 g/mol. The van der Waals surface area contributed by atoms with E-state index in [-0.39, 0.29) is 11.9 Å². The van der Waals surface area contributed by atoms with Crippen LogP contribution in [-0.4, -0.2) is 86.7 Å². The predicted octanol–water partition coefficient (Wildman–Crippen LogP) is 3.03. The molecule has 41 heavy (non-hydrogen) atoms. The van der Waals surface area contributed by atoms with Crippen molar-refractivity contribution in [2.75, 3.05) is 57.1 Å². The summed E-state index contributed by atoms with van der Waals surface area (Å²) in [5.41, 5.74) is 8.40. The number of benzene rings is 1. The summed E-state index contributed by atoms with van der Waals surface area (Å²) in [6.45, 7) is 5.80. The summed E-state index contributed by atoms with van der Waals surface area (Å²) in [5, 5.41) is 9.72. The summed E-state index contributed by atoms with van der Waals surface area (Å²) >= 11 is 0. The van der Waals surface area contributed by atoms with E-state index in [9.17, 15) is 4.79 Å². The zero-order chi connectivity index (χ0) is 28.3. The van der Waals surface area contributed by atoms with Gasteiger partial charge < -0.3 is 29.4 Å². The molecule has 0 unspecified atom stereocenters. The van der Waals surface area contributed by atoms with Gasteiger partial charge in [0.1, 0.15) is 18.4 Å². The number of methoxy groups -OCH3 is 1. The van der Waals surface area contributed by atoms with Crippen LogP contribution in [-0.2, 0) is 9.53 Å². The first-order chi connectivity index (χ1) is 20.1. The number of fused-ring (bicyclic) bond motifs is 3. The number of nitrogens with zero attached hydrogens (tertiary/aromatic N) is 8. The van der Waals surface area contributed by atoms with Crippen LogP contribution in [0.5, 0.6) is 5.75 Å². The molecule has 5 heterocycles. The third-order valence-electron chi connectivity index (χ3n) is 7.29. The average Bonchev–Trinajstić information content (AvgIpc) is 3.77. The van der Waals surface area contributed by atoms with E-state index in [1.165, 1.54) is 4.52 Å². The van der Waals surface area contributed by atoms with Crippen molar-refractivity contribution in [2.45, 2.75) is 25.8 Å². The Labute approximate surface area is 236 Å². The number of nitrogens with two attached hydrogens (primary N) is 1. The number of furan rings is 1. The standard InChI is InChI=1S/C28H33N9O4/c1-3-5-22(27(38)35-13-11-34(12-14-35)19-7-9-20(10-8-19)40-17-16-39-2)36-26-21(18-30-36)25-31-24(23-6-4-15-41-23)33-37(25)28(29)32-26/h4,6-10,15,18,22H,3,5,11-14,16-17H2,1-2H3,(H2,29,32)/t22-/m0/s1. The number of aromatic nitrogens is 6. The monoisotopic (exact) mass is 559 g/mol. The Morgan fingerprint density at radius 3 is 2.59 bits per heavy atom. The molecule has 0 spiro atoms. The van der Waals surface area contributed by atoms with E-state index < -0.39 is 6.04 Å². The van der Waals surface area contributed by atoms with Crippen molar-refractivity contribution < 1.29 is 18.7 Å². The van der Waals surface area contributed by atoms with Gasteiger partial charge in [-0.1, -0.05) is 13.3 Å². The molecule has 0 aliphatic carbocycles. The predicted molar refractivity (Wildman–Crippen MR) is 153 cm³/mol. The number of nitrogen functional groups attached to an aromatic ring is 1. The van der Waals surface area contributed by atoms with Gasteiger partial charge in [-0.15, -0.1) is 5.10 Å². The van der Waals surface area contributed by atoms with Gasteiger partial charge in [0.2, 0.25) is 17.7 Å². The van der Waals surface area contributed by atoms with Crippen LogP contribution in [0, 0.1) is 0 Å². The fourth-order valence-corrected chi connectivity index (χ4v) is 5.18. The third-order valence-corrected chi connectivity index (χ3v) is 7.29. The van der Waals surface area contributed by atoms with E-state index in [2.05, 4.69) is 32.0 Å². The summed E-state index contributed by atoms with van der Waals surface area (Å²) in [5.74, 6) is 1.92. The summed E-state index contributed by atoms with van der Waals surface area (Å²) < 4.78 is 19.3. The van der Waals surface area contributed by atoms with Crippen LogP contribution in [0.15, 0.2) is 53.3 Å². The van der Waals surface area contributed by atoms with Crippen LogP contribution in [0.1, 0.15) is 25.8 Å². The van der Waals surface area contributed by atoms with Gasteiger partial charge in [-0.2, -0.15) is 14.6 Å². The van der Waals surface area contributed by atoms with Crippen molar-refractivity contribution in [3.8, 4) is 17.3 Å². The van der Waals surface area contributed by atoms with Crippen LogP contribution in [0.2, 0.25) is 0 Å². The Hall–Kier alpha value is -4.65. The Morgan fingerprint density at radius 1 is 1.07 bits per heavy atom. The second kappa shape index (κ2) is 11.5. The minimum atomic E-state index is -0.505. The van der Waals surface area contributed by atoms with E-state index in [0.717, 1.165) is 30.9 Å². The van der Waals surface area contributed by atoms with Gasteiger partial charge >= 0.3 is 0 Å². The zero-order valence-corrected chi connectivity index (χ0v) is 23.1. The van der Waals surface area contributed by atoms with Crippen molar-refractivity contribution in [2.24, 2.45) is 0 Å². The number of amides is 1. The first-order valence-electron chi connectivity index (χ1n) is 13.8. The van der Waals surface area contributed by atoms with Gasteiger partial charge in [-0.25, -0.2) is 9.67 Å². The molecule has 1 aromatic carbocycles. The summed E-state index contributed by atoms with van der Waals surface area (Å²) in [6, 6.07) is 11.1. The molecular weight excluding hydrogens is 526 g/mol. The summed E-state index contributed by atoms with van der Waals surface area (Å²) in [4.78, 5) is 27.3. The van der Waals surface area contributed by atoms with Gasteiger partial charge in [0, 0.05) is 39.0 Å². The maximum absolute atomic E-state index is 13.9. The first-order valence-corrected chi connectivity index (χ1v) is 13.8. The Morgan fingerprint density at radius 2 is 1.88 bits per heavy atom. The molecule has 13 nitrogen and oxygen atoms in total. The number of anilines is 2. The van der Waals surface area contributed by atoms with Crippen molar-refractivity contribution in [1.29, 1.82) is 0 Å². The van der Waals surface area contributed by atoms with Gasteiger partial charge in [-0.3, -0.25) is 4.79 Å². The normalized spacial score (nSPS) is 14.7. The second-order valence-corrected chi connectivity index (χ2v) is 9.90. The largest absolute Gasteiger partial charge is 0.491 e. The first kappa shape index (κ1) is 26.6. The molecule has 1 amide bonds. The van der Waals surface area contributed by atoms with Gasteiger partial charge in [0.05, 0.1) is 24.5 Å². The van der Waals surface area contributed by atoms with E-state index in [1.54, 1.807) is 36.4 Å². The lowest BCUT2D eigenvalue weighted by atomic mass is 10.1. The maximum Gasteiger partial charge on any atom is 0.247 e. The highest BCUT2D eigenvalue weighted by atomic mass is 16.5. The number of carbonyl (C=O) groups is 1. The highest BCUT2D eigenvalue weighted by molar-refractivity contribution is 5.92. The minimum Gasteiger partial charge on any atom is -0.491 e. The topological polar surface area (TPSA) is 142 Å². The summed E-state index contributed by atoms with van der Waals surface area (Å²) in [7, 11) is 1.65. The fraction of sp³-hybridized carbons (Fsp3) is 0.393. The van der Waals surface area contributed by atoms with Crippen molar-refractivity contribution in [3.63, 3.8) is 0 Å². The van der Waals surface area contributed by atoms with Crippen molar-refractivity contribution >= 4 is 34.2 Å². The Kier molecular flexibility index (Phi) is 7.42. The van der Waals surface area contributed by atoms with Gasteiger partial charge in [-0.05, 0) is 42.8 Å². The number of ether oxygens (including phenoxy) is 2. The lowest BCUT2D eigenvalue weighted by molar-refractivity contribution is -0.135. The lowest BCUT2D eigenvalue weighted by Crippen LogP contribution is -2.50. The molecule has 1 aliphatic rings. The third kappa shape index (κ3) is 5.15. The molecule has 0 radical (unpaired) electrons. The smallest absolute Gasteiger partial charge is 0.247 e. The van der Waals surface area contributed by atoms with Crippen LogP contribution in [0.25, 0.3) is 28.3 Å². The fourth-order valence-electron chi connectivity index (χ4n) is 5.18. The molecule has 1 saturated heterocycles. The molecular formula is C28H33N9O4. The number of piperazine rings is 1. The molecule has 4 aromatic heterocycles. The molecule has 6 rings (SSSR count). The molecule has 1 aliphatic heterocycles. The highest BCUT2D eigenvalue weighted by Crippen LogP contribution is 2.28. The molecule has 5 aromatic rings. The van der Waals surface area contributed by atoms with E-state index in [4.69, 9.17) is 19.6 Å².